The van der Waals surface area contributed by atoms with Crippen LogP contribution in [0.3, 0.4) is 0 Å². The molecule has 1 unspecified atom stereocenters. The molecule has 0 saturated carbocycles. The summed E-state index contributed by atoms with van der Waals surface area (Å²) >= 11 is 0. The number of aryl methyl sites for hydroxylation is 1. The highest BCUT2D eigenvalue weighted by Gasteiger charge is 2.26. The molecule has 4 heterocycles. The summed E-state index contributed by atoms with van der Waals surface area (Å²) in [5, 5.41) is 7.84. The second kappa shape index (κ2) is 7.98. The van der Waals surface area contributed by atoms with Gasteiger partial charge in [-0.25, -0.2) is 4.98 Å². The first-order valence-electron chi connectivity index (χ1n) is 9.87. The van der Waals surface area contributed by atoms with Gasteiger partial charge in [-0.3, -0.25) is 9.67 Å². The minimum Gasteiger partial charge on any atom is -0.357 e. The molecule has 0 aliphatic carbocycles. The van der Waals surface area contributed by atoms with Crippen LogP contribution < -0.4 is 10.2 Å². The van der Waals surface area contributed by atoms with Gasteiger partial charge in [-0.05, 0) is 42.5 Å². The minimum atomic E-state index is 0.528. The van der Waals surface area contributed by atoms with Crippen molar-refractivity contribution in [2.24, 2.45) is 12.0 Å². The summed E-state index contributed by atoms with van der Waals surface area (Å²) in [6.07, 6.45) is 9.71. The van der Waals surface area contributed by atoms with Gasteiger partial charge in [-0.1, -0.05) is 0 Å². The van der Waals surface area contributed by atoms with Crippen LogP contribution in [0.2, 0.25) is 0 Å². The molecule has 144 valence electrons. The number of likely N-dealkylation sites (tertiary alicyclic amines) is 1. The predicted molar refractivity (Wildman–Crippen MR) is 108 cm³/mol. The number of hydrogen-bond donors (Lipinski definition) is 1. The number of nitrogens with one attached hydrogen (secondary N) is 1. The van der Waals surface area contributed by atoms with E-state index in [4.69, 9.17) is 0 Å². The van der Waals surface area contributed by atoms with Crippen LogP contribution in [0, 0.1) is 0 Å². The van der Waals surface area contributed by atoms with Crippen molar-refractivity contribution in [3.05, 3.63) is 41.9 Å². The van der Waals surface area contributed by atoms with Crippen molar-refractivity contribution in [3.63, 3.8) is 0 Å². The van der Waals surface area contributed by atoms with Gasteiger partial charge in [0.1, 0.15) is 5.82 Å². The molecule has 27 heavy (non-hydrogen) atoms. The molecule has 2 aromatic rings. The lowest BCUT2D eigenvalue weighted by Gasteiger charge is -2.22. The third-order valence-corrected chi connectivity index (χ3v) is 5.59. The summed E-state index contributed by atoms with van der Waals surface area (Å²) in [4.78, 5) is 13.8. The Balaban J connectivity index is 1.35. The molecule has 4 rings (SSSR count). The lowest BCUT2D eigenvalue weighted by atomic mass is 10.0. The Hall–Kier alpha value is -2.57. The maximum absolute atomic E-state index is 4.54. The highest BCUT2D eigenvalue weighted by atomic mass is 15.3. The van der Waals surface area contributed by atoms with Gasteiger partial charge in [0.25, 0.3) is 0 Å². The molecule has 0 spiro atoms. The number of aromatic nitrogens is 3. The molecule has 1 atom stereocenters. The van der Waals surface area contributed by atoms with E-state index in [0.29, 0.717) is 5.92 Å². The third kappa shape index (κ3) is 4.07. The van der Waals surface area contributed by atoms with Crippen LogP contribution >= 0.6 is 0 Å². The van der Waals surface area contributed by atoms with E-state index < -0.39 is 0 Å². The van der Waals surface area contributed by atoms with E-state index in [9.17, 15) is 0 Å². The molecule has 7 heteroatoms. The number of pyridine rings is 1. The van der Waals surface area contributed by atoms with Gasteiger partial charge < -0.3 is 15.1 Å². The zero-order chi connectivity index (χ0) is 18.6. The second-order valence-corrected chi connectivity index (χ2v) is 7.50. The first kappa shape index (κ1) is 17.8. The first-order valence-corrected chi connectivity index (χ1v) is 9.87. The average molecular weight is 368 g/mol. The lowest BCUT2D eigenvalue weighted by molar-refractivity contribution is 0.486. The zero-order valence-corrected chi connectivity index (χ0v) is 16.3. The van der Waals surface area contributed by atoms with E-state index in [1.807, 2.05) is 31.2 Å². The maximum atomic E-state index is 4.54. The van der Waals surface area contributed by atoms with E-state index in [-0.39, 0.29) is 0 Å². The molecule has 2 aromatic heterocycles. The fourth-order valence-electron chi connectivity index (χ4n) is 4.08. The third-order valence-electron chi connectivity index (χ3n) is 5.59. The fourth-order valence-corrected chi connectivity index (χ4v) is 4.08. The number of nitrogens with zero attached hydrogens (tertiary/aromatic N) is 6. The Morgan fingerprint density at radius 1 is 1.30 bits per heavy atom. The Bertz CT molecular complexity index is 791. The van der Waals surface area contributed by atoms with E-state index in [1.54, 1.807) is 0 Å². The molecule has 2 aliphatic heterocycles. The topological polar surface area (TPSA) is 61.6 Å². The van der Waals surface area contributed by atoms with Gasteiger partial charge in [0.2, 0.25) is 0 Å². The van der Waals surface area contributed by atoms with Crippen LogP contribution in [0.25, 0.3) is 0 Å². The largest absolute Gasteiger partial charge is 0.357 e. The number of hydrogen-bond acceptors (Lipinski definition) is 4. The van der Waals surface area contributed by atoms with Crippen LogP contribution in [0.4, 0.5) is 5.82 Å². The van der Waals surface area contributed by atoms with Crippen molar-refractivity contribution < 1.29 is 0 Å². The van der Waals surface area contributed by atoms with Crippen molar-refractivity contribution in [1.82, 2.24) is 25.0 Å². The van der Waals surface area contributed by atoms with Gasteiger partial charge in [-0.2, -0.15) is 5.10 Å². The van der Waals surface area contributed by atoms with Crippen molar-refractivity contribution in [1.29, 1.82) is 0 Å². The number of guanidine groups is 1. The van der Waals surface area contributed by atoms with Crippen LogP contribution in [0.1, 0.15) is 36.3 Å². The summed E-state index contributed by atoms with van der Waals surface area (Å²) < 4.78 is 1.88. The van der Waals surface area contributed by atoms with E-state index >= 15 is 0 Å². The molecule has 0 radical (unpaired) electrons. The normalized spacial score (nSPS) is 20.5. The molecule has 7 nitrogen and oxygen atoms in total. The SMILES string of the molecule is CN=C(NCc1ccnc(N2CCCC2)c1)N1CCC(c2cnn(C)c2)C1. The summed E-state index contributed by atoms with van der Waals surface area (Å²) in [7, 11) is 3.84. The van der Waals surface area contributed by atoms with Crippen molar-refractivity contribution in [2.45, 2.75) is 31.7 Å². The van der Waals surface area contributed by atoms with Gasteiger partial charge in [0.15, 0.2) is 5.96 Å². The highest BCUT2D eigenvalue weighted by Crippen LogP contribution is 2.26. The second-order valence-electron chi connectivity index (χ2n) is 7.50. The predicted octanol–water partition coefficient (Wildman–Crippen LogP) is 1.98. The summed E-state index contributed by atoms with van der Waals surface area (Å²) in [6, 6.07) is 4.29. The van der Waals surface area contributed by atoms with Crippen molar-refractivity contribution >= 4 is 11.8 Å². The monoisotopic (exact) mass is 367 g/mol. The zero-order valence-electron chi connectivity index (χ0n) is 16.3. The van der Waals surface area contributed by atoms with Gasteiger partial charge in [0.05, 0.1) is 6.20 Å². The summed E-state index contributed by atoms with van der Waals surface area (Å²) in [5.74, 6) is 2.60. The van der Waals surface area contributed by atoms with Crippen molar-refractivity contribution in [3.8, 4) is 0 Å². The molecular weight excluding hydrogens is 338 g/mol. The number of rotatable bonds is 4. The Kier molecular flexibility index (Phi) is 5.27. The smallest absolute Gasteiger partial charge is 0.193 e. The number of aliphatic imine (C=N–C) groups is 1. The Labute approximate surface area is 161 Å². The Morgan fingerprint density at radius 3 is 2.89 bits per heavy atom. The molecular formula is C20H29N7. The molecule has 0 aromatic carbocycles. The molecule has 2 saturated heterocycles. The summed E-state index contributed by atoms with van der Waals surface area (Å²) in [5.41, 5.74) is 2.57. The van der Waals surface area contributed by atoms with E-state index in [1.165, 1.54) is 24.0 Å². The lowest BCUT2D eigenvalue weighted by Crippen LogP contribution is -2.39. The fraction of sp³-hybridized carbons (Fsp3) is 0.550. The standard InChI is InChI=1S/C20H29N7/c1-21-20(27-10-6-17(15-27)18-13-24-25(2)14-18)23-12-16-5-7-22-19(11-16)26-8-3-4-9-26/h5,7,11,13-14,17H,3-4,6,8-10,12,15H2,1-2H3,(H,21,23). The first-order chi connectivity index (χ1) is 13.2. The maximum Gasteiger partial charge on any atom is 0.193 e. The molecule has 2 aliphatic rings. The summed E-state index contributed by atoms with van der Waals surface area (Å²) in [6.45, 7) is 5.02. The van der Waals surface area contributed by atoms with Crippen LogP contribution in [0.5, 0.6) is 0 Å². The minimum absolute atomic E-state index is 0.528. The molecule has 0 bridgehead atoms. The number of anilines is 1. The van der Waals surface area contributed by atoms with Gasteiger partial charge in [0, 0.05) is 65.1 Å². The average Bonchev–Trinajstić information content (AvgIpc) is 3.44. The van der Waals surface area contributed by atoms with E-state index in [2.05, 4.69) is 48.5 Å². The van der Waals surface area contributed by atoms with E-state index in [0.717, 1.165) is 50.9 Å². The Morgan fingerprint density at radius 2 is 2.15 bits per heavy atom. The quantitative estimate of drug-likeness (QED) is 0.661. The van der Waals surface area contributed by atoms with Gasteiger partial charge in [-0.15, -0.1) is 0 Å². The van der Waals surface area contributed by atoms with Crippen LogP contribution in [-0.2, 0) is 13.6 Å². The van der Waals surface area contributed by atoms with Gasteiger partial charge >= 0.3 is 0 Å². The van der Waals surface area contributed by atoms with Crippen molar-refractivity contribution in [2.75, 3.05) is 38.1 Å². The molecule has 1 N–H and O–H groups in total. The van der Waals surface area contributed by atoms with Crippen LogP contribution in [-0.4, -0.2) is 58.9 Å². The molecule has 2 fully saturated rings. The molecule has 0 amide bonds. The van der Waals surface area contributed by atoms with Crippen LogP contribution in [0.15, 0.2) is 35.7 Å². The highest BCUT2D eigenvalue weighted by molar-refractivity contribution is 5.80.